The highest BCUT2D eigenvalue weighted by Gasteiger charge is 2.31. The van der Waals surface area contributed by atoms with Crippen molar-refractivity contribution in [3.63, 3.8) is 0 Å². The van der Waals surface area contributed by atoms with Crippen LogP contribution in [-0.2, 0) is 0 Å². The van der Waals surface area contributed by atoms with E-state index in [2.05, 4.69) is 31.7 Å². The zero-order valence-corrected chi connectivity index (χ0v) is 13.3. The normalized spacial score (nSPS) is 28.3. The highest BCUT2D eigenvalue weighted by atomic mass is 16.5. The molecule has 0 saturated carbocycles. The maximum absolute atomic E-state index is 10.2. The van der Waals surface area contributed by atoms with E-state index in [1.54, 1.807) is 7.11 Å². The monoisotopic (exact) mass is 277 g/mol. The summed E-state index contributed by atoms with van der Waals surface area (Å²) in [4.78, 5) is 2.43. The lowest BCUT2D eigenvalue weighted by molar-refractivity contribution is 0.193. The Labute approximate surface area is 122 Å². The van der Waals surface area contributed by atoms with Crippen LogP contribution in [0.3, 0.4) is 0 Å². The van der Waals surface area contributed by atoms with Crippen LogP contribution in [0.25, 0.3) is 0 Å². The van der Waals surface area contributed by atoms with Crippen molar-refractivity contribution >= 4 is 5.69 Å². The molecular formula is C17H27NO2. The lowest BCUT2D eigenvalue weighted by atomic mass is 9.85. The Bertz CT molecular complexity index is 458. The summed E-state index contributed by atoms with van der Waals surface area (Å²) in [6.45, 7) is 9.75. The van der Waals surface area contributed by atoms with Gasteiger partial charge in [-0.25, -0.2) is 0 Å². The van der Waals surface area contributed by atoms with Gasteiger partial charge in [0.1, 0.15) is 5.75 Å². The molecule has 0 radical (unpaired) electrons. The van der Waals surface area contributed by atoms with Crippen molar-refractivity contribution < 1.29 is 9.84 Å². The number of methoxy groups -OCH3 is 1. The third-order valence-corrected chi connectivity index (χ3v) is 4.59. The molecule has 1 N–H and O–H groups in total. The number of benzene rings is 1. The van der Waals surface area contributed by atoms with Crippen molar-refractivity contribution in [2.24, 2.45) is 11.8 Å². The summed E-state index contributed by atoms with van der Waals surface area (Å²) < 4.78 is 5.44. The van der Waals surface area contributed by atoms with E-state index in [9.17, 15) is 5.11 Å². The number of hydrogen-bond donors (Lipinski definition) is 1. The molecule has 20 heavy (non-hydrogen) atoms. The summed E-state index contributed by atoms with van der Waals surface area (Å²) >= 11 is 0. The standard InChI is InChI=1S/C17H27NO2/c1-11-9-12(2)13(3)18(10-11)15-7-6-8-16(20-5)17(15)14(4)19/h6-8,11-14,19H,9-10H2,1-5H3. The first kappa shape index (κ1) is 15.2. The maximum Gasteiger partial charge on any atom is 0.126 e. The van der Waals surface area contributed by atoms with Crippen LogP contribution in [-0.4, -0.2) is 24.8 Å². The molecule has 1 aromatic rings. The van der Waals surface area contributed by atoms with E-state index in [1.807, 2.05) is 19.1 Å². The van der Waals surface area contributed by atoms with Gasteiger partial charge in [0, 0.05) is 23.8 Å². The molecular weight excluding hydrogens is 250 g/mol. The first-order valence-corrected chi connectivity index (χ1v) is 7.57. The van der Waals surface area contributed by atoms with Gasteiger partial charge in [0.2, 0.25) is 0 Å². The van der Waals surface area contributed by atoms with Gasteiger partial charge in [0.05, 0.1) is 13.2 Å². The van der Waals surface area contributed by atoms with E-state index in [-0.39, 0.29) is 0 Å². The van der Waals surface area contributed by atoms with Crippen LogP contribution in [0.15, 0.2) is 18.2 Å². The maximum atomic E-state index is 10.2. The lowest BCUT2D eigenvalue weighted by Gasteiger charge is -2.43. The van der Waals surface area contributed by atoms with Gasteiger partial charge in [-0.3, -0.25) is 0 Å². The second-order valence-corrected chi connectivity index (χ2v) is 6.28. The van der Waals surface area contributed by atoms with Crippen LogP contribution in [0, 0.1) is 11.8 Å². The zero-order valence-electron chi connectivity index (χ0n) is 13.3. The highest BCUT2D eigenvalue weighted by Crippen LogP contribution is 2.39. The average Bonchev–Trinajstić information content (AvgIpc) is 2.41. The minimum Gasteiger partial charge on any atom is -0.496 e. The molecule has 1 aromatic carbocycles. The molecule has 0 amide bonds. The number of hydrogen-bond acceptors (Lipinski definition) is 3. The number of piperidine rings is 1. The minimum atomic E-state index is -0.527. The Balaban J connectivity index is 2.45. The van der Waals surface area contributed by atoms with Gasteiger partial charge in [0.25, 0.3) is 0 Å². The third-order valence-electron chi connectivity index (χ3n) is 4.59. The molecule has 1 aliphatic rings. The lowest BCUT2D eigenvalue weighted by Crippen LogP contribution is -2.46. The SMILES string of the molecule is COc1cccc(N2CC(C)CC(C)C2C)c1C(C)O. The summed E-state index contributed by atoms with van der Waals surface area (Å²) in [7, 11) is 1.66. The molecule has 0 spiro atoms. The average molecular weight is 277 g/mol. The predicted molar refractivity (Wildman–Crippen MR) is 83.4 cm³/mol. The molecule has 3 heteroatoms. The first-order chi connectivity index (χ1) is 9.45. The molecule has 3 nitrogen and oxygen atoms in total. The fourth-order valence-electron chi connectivity index (χ4n) is 3.41. The van der Waals surface area contributed by atoms with Crippen LogP contribution in [0.4, 0.5) is 5.69 Å². The van der Waals surface area contributed by atoms with Crippen molar-refractivity contribution in [1.29, 1.82) is 0 Å². The number of anilines is 1. The summed E-state index contributed by atoms with van der Waals surface area (Å²) in [6, 6.07) is 6.52. The Hall–Kier alpha value is -1.22. The van der Waals surface area contributed by atoms with Gasteiger partial charge in [-0.05, 0) is 44.2 Å². The largest absolute Gasteiger partial charge is 0.496 e. The Morgan fingerprint density at radius 2 is 2.00 bits per heavy atom. The zero-order chi connectivity index (χ0) is 14.9. The second kappa shape index (κ2) is 6.04. The third kappa shape index (κ3) is 2.78. The molecule has 4 atom stereocenters. The molecule has 1 fully saturated rings. The smallest absolute Gasteiger partial charge is 0.126 e. The van der Waals surface area contributed by atoms with Crippen molar-refractivity contribution in [2.75, 3.05) is 18.6 Å². The molecule has 1 saturated heterocycles. The van der Waals surface area contributed by atoms with Crippen molar-refractivity contribution in [1.82, 2.24) is 0 Å². The predicted octanol–water partition coefficient (Wildman–Crippen LogP) is 3.62. The Kier molecular flexibility index (Phi) is 4.59. The molecule has 112 valence electrons. The number of ether oxygens (including phenoxy) is 1. The van der Waals surface area contributed by atoms with Gasteiger partial charge in [-0.1, -0.05) is 19.9 Å². The molecule has 0 bridgehead atoms. The van der Waals surface area contributed by atoms with Crippen molar-refractivity contribution in [3.8, 4) is 5.75 Å². The van der Waals surface area contributed by atoms with Crippen LogP contribution in [0.2, 0.25) is 0 Å². The van der Waals surface area contributed by atoms with E-state index in [0.29, 0.717) is 17.9 Å². The number of aliphatic hydroxyl groups is 1. The van der Waals surface area contributed by atoms with Gasteiger partial charge >= 0.3 is 0 Å². The Morgan fingerprint density at radius 3 is 2.60 bits per heavy atom. The molecule has 1 aliphatic heterocycles. The topological polar surface area (TPSA) is 32.7 Å². The van der Waals surface area contributed by atoms with Gasteiger partial charge in [0.15, 0.2) is 0 Å². The molecule has 0 aromatic heterocycles. The summed E-state index contributed by atoms with van der Waals surface area (Å²) in [5, 5.41) is 10.2. The molecule has 1 heterocycles. The molecule has 4 unspecified atom stereocenters. The van der Waals surface area contributed by atoms with Crippen LogP contribution in [0.5, 0.6) is 5.75 Å². The van der Waals surface area contributed by atoms with Crippen molar-refractivity contribution in [3.05, 3.63) is 23.8 Å². The van der Waals surface area contributed by atoms with Gasteiger partial charge < -0.3 is 14.7 Å². The van der Waals surface area contributed by atoms with Crippen molar-refractivity contribution in [2.45, 2.75) is 46.3 Å². The number of aliphatic hydroxyl groups excluding tert-OH is 1. The fourth-order valence-corrected chi connectivity index (χ4v) is 3.41. The quantitative estimate of drug-likeness (QED) is 0.916. The van der Waals surface area contributed by atoms with E-state index in [1.165, 1.54) is 6.42 Å². The van der Waals surface area contributed by atoms with Crippen LogP contribution >= 0.6 is 0 Å². The summed E-state index contributed by atoms with van der Waals surface area (Å²) in [5.74, 6) is 2.11. The van der Waals surface area contributed by atoms with Gasteiger partial charge in [-0.15, -0.1) is 0 Å². The number of rotatable bonds is 3. The van der Waals surface area contributed by atoms with E-state index in [4.69, 9.17) is 4.74 Å². The minimum absolute atomic E-state index is 0.482. The molecule has 0 aliphatic carbocycles. The van der Waals surface area contributed by atoms with E-state index in [0.717, 1.165) is 23.5 Å². The summed E-state index contributed by atoms with van der Waals surface area (Å²) in [5.41, 5.74) is 2.02. The second-order valence-electron chi connectivity index (χ2n) is 6.28. The van der Waals surface area contributed by atoms with E-state index >= 15 is 0 Å². The number of nitrogens with zero attached hydrogens (tertiary/aromatic N) is 1. The van der Waals surface area contributed by atoms with Crippen LogP contribution in [0.1, 0.15) is 45.8 Å². The van der Waals surface area contributed by atoms with Gasteiger partial charge in [-0.2, -0.15) is 0 Å². The molecule has 2 rings (SSSR count). The summed E-state index contributed by atoms with van der Waals surface area (Å²) in [6.07, 6.45) is 0.743. The van der Waals surface area contributed by atoms with E-state index < -0.39 is 6.10 Å². The first-order valence-electron chi connectivity index (χ1n) is 7.57. The Morgan fingerprint density at radius 1 is 1.30 bits per heavy atom. The van der Waals surface area contributed by atoms with Crippen LogP contribution < -0.4 is 9.64 Å². The highest BCUT2D eigenvalue weighted by molar-refractivity contribution is 5.61. The fraction of sp³-hybridized carbons (Fsp3) is 0.647.